The van der Waals surface area contributed by atoms with E-state index in [-0.39, 0.29) is 5.91 Å². The van der Waals surface area contributed by atoms with Crippen LogP contribution in [0.1, 0.15) is 10.4 Å². The Labute approximate surface area is 141 Å². The molecule has 0 aliphatic rings. The van der Waals surface area contributed by atoms with Gasteiger partial charge >= 0.3 is 0 Å². The molecular formula is C17H13BrN4O. The van der Waals surface area contributed by atoms with Gasteiger partial charge in [0.25, 0.3) is 5.91 Å². The summed E-state index contributed by atoms with van der Waals surface area (Å²) in [7, 11) is 0. The highest BCUT2D eigenvalue weighted by Crippen LogP contribution is 2.21. The number of nitrogens with zero attached hydrogens (tertiary/aromatic N) is 2. The summed E-state index contributed by atoms with van der Waals surface area (Å²) < 4.78 is 0.816. The lowest BCUT2D eigenvalue weighted by molar-refractivity contribution is 0.102. The van der Waals surface area contributed by atoms with Crippen LogP contribution in [0.5, 0.6) is 0 Å². The molecule has 0 unspecified atom stereocenters. The molecule has 1 aromatic heterocycles. The van der Waals surface area contributed by atoms with Crippen molar-refractivity contribution in [2.75, 3.05) is 10.6 Å². The molecule has 0 radical (unpaired) electrons. The van der Waals surface area contributed by atoms with Crippen LogP contribution in [0.2, 0.25) is 0 Å². The van der Waals surface area contributed by atoms with Crippen LogP contribution in [0.25, 0.3) is 0 Å². The van der Waals surface area contributed by atoms with Gasteiger partial charge < -0.3 is 10.6 Å². The van der Waals surface area contributed by atoms with Crippen LogP contribution in [-0.4, -0.2) is 15.9 Å². The van der Waals surface area contributed by atoms with Gasteiger partial charge in [-0.1, -0.05) is 30.3 Å². The second-order valence-corrected chi connectivity index (χ2v) is 5.57. The molecule has 1 amide bonds. The molecule has 0 saturated heterocycles. The predicted octanol–water partition coefficient (Wildman–Crippen LogP) is 4.24. The number of carbonyl (C=O) groups excluding carboxylic acids is 1. The maximum Gasteiger partial charge on any atom is 0.258 e. The van der Waals surface area contributed by atoms with Gasteiger partial charge in [-0.15, -0.1) is 0 Å². The number of anilines is 3. The van der Waals surface area contributed by atoms with Crippen molar-refractivity contribution in [3.63, 3.8) is 0 Å². The minimum atomic E-state index is -0.261. The Hall–Kier alpha value is -2.73. The van der Waals surface area contributed by atoms with E-state index in [0.29, 0.717) is 17.2 Å². The molecule has 5 nitrogen and oxygen atoms in total. The Bertz CT molecular complexity index is 806. The first-order valence-corrected chi connectivity index (χ1v) is 7.72. The highest BCUT2D eigenvalue weighted by Gasteiger charge is 2.09. The van der Waals surface area contributed by atoms with E-state index in [1.807, 2.05) is 54.6 Å². The highest BCUT2D eigenvalue weighted by atomic mass is 79.9. The van der Waals surface area contributed by atoms with Crippen LogP contribution in [0.4, 0.5) is 17.3 Å². The zero-order chi connectivity index (χ0) is 16.1. The summed E-state index contributed by atoms with van der Waals surface area (Å²) in [5.74, 6) is 0.178. The average molecular weight is 369 g/mol. The van der Waals surface area contributed by atoms with Crippen molar-refractivity contribution in [3.8, 4) is 0 Å². The molecule has 1 heterocycles. The smallest absolute Gasteiger partial charge is 0.258 e. The summed E-state index contributed by atoms with van der Waals surface area (Å²) in [6.45, 7) is 0. The number of benzene rings is 2. The minimum absolute atomic E-state index is 0.261. The van der Waals surface area contributed by atoms with E-state index < -0.39 is 0 Å². The van der Waals surface area contributed by atoms with Crippen molar-refractivity contribution in [1.29, 1.82) is 0 Å². The zero-order valence-electron chi connectivity index (χ0n) is 12.0. The lowest BCUT2D eigenvalue weighted by Gasteiger charge is -2.08. The summed E-state index contributed by atoms with van der Waals surface area (Å²) in [5.41, 5.74) is 1.97. The fourth-order valence-corrected chi connectivity index (χ4v) is 2.30. The quantitative estimate of drug-likeness (QED) is 0.722. The molecule has 0 aliphatic carbocycles. The Morgan fingerprint density at radius 3 is 2.26 bits per heavy atom. The second kappa shape index (κ2) is 7.02. The van der Waals surface area contributed by atoms with Crippen LogP contribution >= 0.6 is 15.9 Å². The summed E-state index contributed by atoms with van der Waals surface area (Å²) in [4.78, 5) is 20.5. The number of hydrogen-bond donors (Lipinski definition) is 2. The summed E-state index contributed by atoms with van der Waals surface area (Å²) in [6, 6.07) is 17.0. The van der Waals surface area contributed by atoms with Crippen LogP contribution in [-0.2, 0) is 0 Å². The number of amides is 1. The van der Waals surface area contributed by atoms with Gasteiger partial charge in [0, 0.05) is 22.6 Å². The number of nitrogens with one attached hydrogen (secondary N) is 2. The van der Waals surface area contributed by atoms with Crippen molar-refractivity contribution in [1.82, 2.24) is 9.97 Å². The number of carbonyl (C=O) groups is 1. The summed E-state index contributed by atoms with van der Waals surface area (Å²) in [6.07, 6.45) is 2.98. The molecule has 0 atom stereocenters. The normalized spacial score (nSPS) is 10.1. The van der Waals surface area contributed by atoms with Gasteiger partial charge in [-0.3, -0.25) is 4.79 Å². The fraction of sp³-hybridized carbons (Fsp3) is 0. The third-order valence-corrected chi connectivity index (χ3v) is 3.76. The Morgan fingerprint density at radius 2 is 1.57 bits per heavy atom. The van der Waals surface area contributed by atoms with E-state index in [1.165, 1.54) is 12.4 Å². The van der Waals surface area contributed by atoms with E-state index in [1.54, 1.807) is 0 Å². The van der Waals surface area contributed by atoms with E-state index in [4.69, 9.17) is 0 Å². The van der Waals surface area contributed by atoms with Gasteiger partial charge in [0.15, 0.2) is 0 Å². The maximum absolute atomic E-state index is 12.2. The molecule has 2 aromatic carbocycles. The molecule has 2 N–H and O–H groups in total. The SMILES string of the molecule is O=C(Nc1ccccc1Br)c1cnc(Nc2ccccc2)nc1. The van der Waals surface area contributed by atoms with E-state index in [0.717, 1.165) is 10.2 Å². The summed E-state index contributed by atoms with van der Waals surface area (Å²) in [5, 5.41) is 5.88. The highest BCUT2D eigenvalue weighted by molar-refractivity contribution is 9.10. The van der Waals surface area contributed by atoms with E-state index >= 15 is 0 Å². The molecule has 23 heavy (non-hydrogen) atoms. The molecule has 0 bridgehead atoms. The molecule has 0 saturated carbocycles. The lowest BCUT2D eigenvalue weighted by atomic mass is 10.3. The van der Waals surface area contributed by atoms with Gasteiger partial charge in [-0.2, -0.15) is 0 Å². The molecule has 0 aliphatic heterocycles. The maximum atomic E-state index is 12.2. The first-order valence-electron chi connectivity index (χ1n) is 6.92. The first-order chi connectivity index (χ1) is 11.2. The lowest BCUT2D eigenvalue weighted by Crippen LogP contribution is -2.13. The molecule has 0 fully saturated rings. The third kappa shape index (κ3) is 3.92. The molecular weight excluding hydrogens is 356 g/mol. The topological polar surface area (TPSA) is 66.9 Å². The molecule has 3 aromatic rings. The molecule has 0 spiro atoms. The third-order valence-electron chi connectivity index (χ3n) is 3.07. The van der Waals surface area contributed by atoms with Gasteiger partial charge in [-0.05, 0) is 40.2 Å². The minimum Gasteiger partial charge on any atom is -0.324 e. The van der Waals surface area contributed by atoms with Crippen LogP contribution in [0, 0.1) is 0 Å². The number of halogens is 1. The van der Waals surface area contributed by atoms with Crippen molar-refractivity contribution in [3.05, 3.63) is 77.0 Å². The van der Waals surface area contributed by atoms with Gasteiger partial charge in [0.1, 0.15) is 0 Å². The Morgan fingerprint density at radius 1 is 0.913 bits per heavy atom. The van der Waals surface area contributed by atoms with Gasteiger partial charge in [0.05, 0.1) is 11.3 Å². The zero-order valence-corrected chi connectivity index (χ0v) is 13.6. The van der Waals surface area contributed by atoms with Crippen LogP contribution in [0.3, 0.4) is 0 Å². The molecule has 114 valence electrons. The van der Waals surface area contributed by atoms with E-state index in [2.05, 4.69) is 36.5 Å². The van der Waals surface area contributed by atoms with Crippen molar-refractivity contribution in [2.24, 2.45) is 0 Å². The Kier molecular flexibility index (Phi) is 4.63. The van der Waals surface area contributed by atoms with Crippen molar-refractivity contribution in [2.45, 2.75) is 0 Å². The number of para-hydroxylation sites is 2. The van der Waals surface area contributed by atoms with Crippen molar-refractivity contribution < 1.29 is 4.79 Å². The number of rotatable bonds is 4. The predicted molar refractivity (Wildman–Crippen MR) is 93.9 cm³/mol. The Balaban J connectivity index is 1.69. The second-order valence-electron chi connectivity index (χ2n) is 4.72. The first kappa shape index (κ1) is 15.2. The fourth-order valence-electron chi connectivity index (χ4n) is 1.92. The van der Waals surface area contributed by atoms with Crippen LogP contribution < -0.4 is 10.6 Å². The number of hydrogen-bond acceptors (Lipinski definition) is 4. The standard InChI is InChI=1S/C17H13BrN4O/c18-14-8-4-5-9-15(14)22-16(23)12-10-19-17(20-11-12)21-13-6-2-1-3-7-13/h1-11H,(H,22,23)(H,19,20,21). The summed E-state index contributed by atoms with van der Waals surface area (Å²) >= 11 is 3.39. The van der Waals surface area contributed by atoms with E-state index in [9.17, 15) is 4.79 Å². The monoisotopic (exact) mass is 368 g/mol. The van der Waals surface area contributed by atoms with Gasteiger partial charge in [0.2, 0.25) is 5.95 Å². The number of aromatic nitrogens is 2. The molecule has 6 heteroatoms. The molecule has 3 rings (SSSR count). The van der Waals surface area contributed by atoms with Crippen molar-refractivity contribution >= 4 is 39.2 Å². The van der Waals surface area contributed by atoms with Gasteiger partial charge in [-0.25, -0.2) is 9.97 Å². The average Bonchev–Trinajstić information content (AvgIpc) is 2.58. The van der Waals surface area contributed by atoms with Crippen LogP contribution in [0.15, 0.2) is 71.5 Å². The largest absolute Gasteiger partial charge is 0.324 e.